The molecule has 0 N–H and O–H groups in total. The Morgan fingerprint density at radius 3 is 0.828 bits per heavy atom. The lowest BCUT2D eigenvalue weighted by Crippen LogP contribution is -2.13. The lowest BCUT2D eigenvalue weighted by molar-refractivity contribution is -0.138. The van der Waals surface area contributed by atoms with Crippen LogP contribution in [0.2, 0.25) is 0 Å². The molecule has 13 aromatic carbocycles. The molecule has 0 spiro atoms. The van der Waals surface area contributed by atoms with Crippen LogP contribution in [0, 0.1) is 0 Å². The van der Waals surface area contributed by atoms with Crippen LogP contribution in [0.15, 0.2) is 285 Å². The van der Waals surface area contributed by atoms with E-state index < -0.39 is 47.0 Å². The van der Waals surface area contributed by atoms with E-state index in [1.54, 1.807) is 48.5 Å². The second-order valence-corrected chi connectivity index (χ2v) is 22.5. The van der Waals surface area contributed by atoms with Crippen molar-refractivity contribution in [3.05, 3.63) is 307 Å². The molecule has 458 valence electrons. The normalized spacial score (nSPS) is 12.3. The smallest absolute Gasteiger partial charge is 0.310 e. The molecule has 3 nitrogen and oxygen atoms in total. The van der Waals surface area contributed by atoms with Gasteiger partial charge in [-0.05, 0) is 200 Å². The van der Waals surface area contributed by atoms with Gasteiger partial charge >= 0.3 is 24.7 Å². The zero-order valence-electron chi connectivity index (χ0n) is 48.5. The van der Waals surface area contributed by atoms with Gasteiger partial charge in [-0.3, -0.25) is 0 Å². The number of alkyl halides is 12. The molecule has 15 heteroatoms. The molecule has 0 saturated carbocycles. The van der Waals surface area contributed by atoms with Crippen molar-refractivity contribution in [3.63, 3.8) is 0 Å². The van der Waals surface area contributed by atoms with Crippen LogP contribution in [0.5, 0.6) is 0 Å². The Kier molecular flexibility index (Phi) is 14.7. The van der Waals surface area contributed by atoms with E-state index in [1.807, 2.05) is 78.9 Å². The zero-order valence-corrected chi connectivity index (χ0v) is 48.5. The Hall–Kier alpha value is -11.1. The highest BCUT2D eigenvalue weighted by Crippen LogP contribution is 2.47. The average Bonchev–Trinajstić information content (AvgIpc) is 1.73. The molecule has 93 heavy (non-hydrogen) atoms. The van der Waals surface area contributed by atoms with Crippen molar-refractivity contribution in [2.45, 2.75) is 24.7 Å². The largest absolute Gasteiger partial charge is 0.416 e. The van der Waals surface area contributed by atoms with Gasteiger partial charge in [0.15, 0.2) is 0 Å². The molecular formula is C78H47F12N3. The number of fused-ring (bicyclic) bond motifs is 5. The monoisotopic (exact) mass is 1250 g/mol. The maximum Gasteiger partial charge on any atom is 0.416 e. The average molecular weight is 1250 g/mol. The summed E-state index contributed by atoms with van der Waals surface area (Å²) < 4.78 is 172. The van der Waals surface area contributed by atoms with Crippen molar-refractivity contribution < 1.29 is 52.7 Å². The lowest BCUT2D eigenvalue weighted by Gasteiger charge is -2.27. The molecule has 0 atom stereocenters. The second-order valence-electron chi connectivity index (χ2n) is 22.5. The summed E-state index contributed by atoms with van der Waals surface area (Å²) in [5.41, 5.74) is 6.12. The molecule has 0 aliphatic rings. The van der Waals surface area contributed by atoms with E-state index in [2.05, 4.69) is 65.2 Å². The zero-order chi connectivity index (χ0) is 64.6. The Bertz CT molecular complexity index is 4750. The minimum atomic E-state index is -4.74. The fraction of sp³-hybridized carbons (Fsp3) is 0.0513. The summed E-state index contributed by atoms with van der Waals surface area (Å²) in [4.78, 5) is 2.67. The standard InChI is InChI=1S/C78H47F12N3/c79-75(80,81)54-14-8-18-61(44-54)91(62-19-9-15-55(45-62)76(82,83)84)58-34-26-48(27-35-58)52-32-40-71-69(42-52)70-43-53(49-28-36-59(37-29-49)92(63-20-10-16-56(46-63)77(85,86)87)64-21-11-17-57(47-64)78(88,89)90)33-41-72(70)93(71)60-38-30-51(31-39-60)74-67-24-6-4-22-65(67)73(50-12-2-1-3-13-50)66-23-5-7-25-68(66)74/h1-47H. The third kappa shape index (κ3) is 11.3. The number of rotatable bonds is 11. The molecule has 14 aromatic rings. The highest BCUT2D eigenvalue weighted by molar-refractivity contribution is 6.21. The summed E-state index contributed by atoms with van der Waals surface area (Å²) in [5.74, 6) is 0. The maximum absolute atomic E-state index is 14.1. The molecule has 1 aromatic heterocycles. The van der Waals surface area contributed by atoms with E-state index in [9.17, 15) is 52.7 Å². The summed E-state index contributed by atoms with van der Waals surface area (Å²) in [6, 6.07) is 78.3. The van der Waals surface area contributed by atoms with E-state index in [1.165, 1.54) is 58.3 Å². The molecule has 14 rings (SSSR count). The lowest BCUT2D eigenvalue weighted by atomic mass is 9.86. The first-order valence-corrected chi connectivity index (χ1v) is 29.3. The fourth-order valence-electron chi connectivity index (χ4n) is 12.6. The number of hydrogen-bond donors (Lipinski definition) is 0. The van der Waals surface area contributed by atoms with E-state index in [0.29, 0.717) is 11.1 Å². The quantitative estimate of drug-likeness (QED) is 0.0945. The van der Waals surface area contributed by atoms with Gasteiger partial charge in [0.05, 0.1) is 33.3 Å². The van der Waals surface area contributed by atoms with Crippen LogP contribution in [0.1, 0.15) is 22.3 Å². The number of halogens is 12. The van der Waals surface area contributed by atoms with Gasteiger partial charge in [0.25, 0.3) is 0 Å². The SMILES string of the molecule is FC(F)(F)c1cccc(N(c2ccc(-c3ccc4c(c3)c3cc(-c5ccc(N(c6cccc(C(F)(F)F)c6)c6cccc(C(F)(F)F)c6)cc5)ccc3n4-c3ccc(-c4c5ccccc5c(-c5ccccc5)c5ccccc45)cc3)cc2)c2cccc(C(F)(F)F)c2)c1. The summed E-state index contributed by atoms with van der Waals surface area (Å²) in [6.45, 7) is 0. The van der Waals surface area contributed by atoms with E-state index in [-0.39, 0.29) is 34.1 Å². The summed E-state index contributed by atoms with van der Waals surface area (Å²) in [5, 5.41) is 5.98. The van der Waals surface area contributed by atoms with Crippen molar-refractivity contribution in [2.24, 2.45) is 0 Å². The van der Waals surface area contributed by atoms with Crippen LogP contribution in [-0.2, 0) is 24.7 Å². The maximum atomic E-state index is 14.1. The first kappa shape index (κ1) is 59.6. The van der Waals surface area contributed by atoms with Crippen molar-refractivity contribution in [3.8, 4) is 50.2 Å². The van der Waals surface area contributed by atoms with Crippen molar-refractivity contribution in [1.29, 1.82) is 0 Å². The molecular weight excluding hydrogens is 1210 g/mol. The van der Waals surface area contributed by atoms with Gasteiger partial charge in [0.1, 0.15) is 0 Å². The first-order chi connectivity index (χ1) is 44.6. The predicted octanol–water partition coefficient (Wildman–Crippen LogP) is 24.8. The van der Waals surface area contributed by atoms with Gasteiger partial charge in [-0.1, -0.05) is 152 Å². The third-order valence-electron chi connectivity index (χ3n) is 16.8. The van der Waals surface area contributed by atoms with Crippen LogP contribution in [0.3, 0.4) is 0 Å². The minimum Gasteiger partial charge on any atom is -0.310 e. The predicted molar refractivity (Wildman–Crippen MR) is 347 cm³/mol. The van der Waals surface area contributed by atoms with Gasteiger partial charge in [-0.25, -0.2) is 0 Å². The van der Waals surface area contributed by atoms with E-state index in [0.717, 1.165) is 131 Å². The number of aromatic nitrogens is 1. The highest BCUT2D eigenvalue weighted by atomic mass is 19.4. The van der Waals surface area contributed by atoms with Crippen LogP contribution in [0.4, 0.5) is 86.8 Å². The van der Waals surface area contributed by atoms with Gasteiger partial charge < -0.3 is 14.4 Å². The molecule has 0 bridgehead atoms. The molecule has 0 aliphatic heterocycles. The number of hydrogen-bond acceptors (Lipinski definition) is 2. The summed E-state index contributed by atoms with van der Waals surface area (Å²) in [6.07, 6.45) is -19.0. The van der Waals surface area contributed by atoms with Gasteiger partial charge in [-0.2, -0.15) is 52.7 Å². The molecule has 0 aliphatic carbocycles. The number of benzene rings is 13. The molecule has 0 unspecified atom stereocenters. The summed E-state index contributed by atoms with van der Waals surface area (Å²) in [7, 11) is 0. The Morgan fingerprint density at radius 2 is 0.505 bits per heavy atom. The fourth-order valence-corrected chi connectivity index (χ4v) is 12.6. The number of anilines is 6. The van der Waals surface area contributed by atoms with Gasteiger partial charge in [0, 0.05) is 50.6 Å². The van der Waals surface area contributed by atoms with Crippen LogP contribution in [0.25, 0.3) is 93.5 Å². The molecule has 0 amide bonds. The molecule has 0 saturated heterocycles. The van der Waals surface area contributed by atoms with Crippen LogP contribution < -0.4 is 9.80 Å². The highest BCUT2D eigenvalue weighted by Gasteiger charge is 2.35. The van der Waals surface area contributed by atoms with Crippen molar-refractivity contribution >= 4 is 77.5 Å². The van der Waals surface area contributed by atoms with E-state index >= 15 is 0 Å². The molecule has 0 fully saturated rings. The van der Waals surface area contributed by atoms with E-state index in [4.69, 9.17) is 0 Å². The van der Waals surface area contributed by atoms with Crippen molar-refractivity contribution in [1.82, 2.24) is 4.57 Å². The van der Waals surface area contributed by atoms with Crippen LogP contribution >= 0.6 is 0 Å². The summed E-state index contributed by atoms with van der Waals surface area (Å²) >= 11 is 0. The third-order valence-corrected chi connectivity index (χ3v) is 16.8. The topological polar surface area (TPSA) is 11.4 Å². The molecule has 1 heterocycles. The Morgan fingerprint density at radius 1 is 0.215 bits per heavy atom. The minimum absolute atomic E-state index is 0.0176. The van der Waals surface area contributed by atoms with Crippen molar-refractivity contribution in [2.75, 3.05) is 9.80 Å². The Balaban J connectivity index is 0.898. The Labute approximate surface area is 524 Å². The second kappa shape index (κ2) is 23.0. The van der Waals surface area contributed by atoms with Crippen LogP contribution in [-0.4, -0.2) is 4.57 Å². The van der Waals surface area contributed by atoms with Gasteiger partial charge in [-0.15, -0.1) is 0 Å². The number of nitrogens with zero attached hydrogens (tertiary/aromatic N) is 3. The first-order valence-electron chi connectivity index (χ1n) is 29.3. The molecule has 0 radical (unpaired) electrons. The van der Waals surface area contributed by atoms with Gasteiger partial charge in [0.2, 0.25) is 0 Å².